The molecular weight excluding hydrogens is 208 g/mol. The van der Waals surface area contributed by atoms with E-state index < -0.39 is 0 Å². The van der Waals surface area contributed by atoms with Crippen LogP contribution in [-0.2, 0) is 0 Å². The van der Waals surface area contributed by atoms with Crippen molar-refractivity contribution in [1.29, 1.82) is 0 Å². The van der Waals surface area contributed by atoms with Gasteiger partial charge in [-0.2, -0.15) is 0 Å². The molecule has 96 valence electrons. The van der Waals surface area contributed by atoms with Gasteiger partial charge in [-0.1, -0.05) is 31.4 Å². The van der Waals surface area contributed by atoms with Crippen molar-refractivity contribution in [3.05, 3.63) is 11.1 Å². The molecule has 0 aromatic heterocycles. The summed E-state index contributed by atoms with van der Waals surface area (Å²) >= 11 is 0. The van der Waals surface area contributed by atoms with Crippen molar-refractivity contribution in [1.82, 2.24) is 0 Å². The van der Waals surface area contributed by atoms with E-state index in [1.807, 2.05) is 0 Å². The van der Waals surface area contributed by atoms with Gasteiger partial charge < -0.3 is 5.11 Å². The molecule has 3 rings (SSSR count). The maximum Gasteiger partial charge on any atom is 0.0599 e. The van der Waals surface area contributed by atoms with E-state index in [1.165, 1.54) is 51.4 Å². The predicted octanol–water partition coefficient (Wildman–Crippen LogP) is 4.21. The monoisotopic (exact) mass is 234 g/mol. The Morgan fingerprint density at radius 1 is 1.06 bits per heavy atom. The van der Waals surface area contributed by atoms with E-state index in [2.05, 4.69) is 13.8 Å². The minimum Gasteiger partial charge on any atom is -0.393 e. The molecule has 1 N–H and O–H groups in total. The molecule has 17 heavy (non-hydrogen) atoms. The predicted molar refractivity (Wildman–Crippen MR) is 70.8 cm³/mol. The minimum absolute atomic E-state index is 0.0192. The molecule has 0 bridgehead atoms. The second-order valence-electron chi connectivity index (χ2n) is 7.27. The van der Waals surface area contributed by atoms with E-state index >= 15 is 0 Å². The second-order valence-corrected chi connectivity index (χ2v) is 7.27. The summed E-state index contributed by atoms with van der Waals surface area (Å²) in [6, 6.07) is 0. The van der Waals surface area contributed by atoms with Gasteiger partial charge in [-0.05, 0) is 56.8 Å². The molecule has 0 saturated heterocycles. The van der Waals surface area contributed by atoms with Crippen molar-refractivity contribution < 1.29 is 5.11 Å². The van der Waals surface area contributed by atoms with E-state index in [0.717, 1.165) is 6.42 Å². The third kappa shape index (κ3) is 1.78. The third-order valence-electron chi connectivity index (χ3n) is 5.84. The van der Waals surface area contributed by atoms with Crippen LogP contribution in [0.3, 0.4) is 0 Å². The van der Waals surface area contributed by atoms with Crippen molar-refractivity contribution in [3.63, 3.8) is 0 Å². The Balaban J connectivity index is 1.92. The van der Waals surface area contributed by atoms with Crippen LogP contribution in [0.2, 0.25) is 0 Å². The zero-order chi connectivity index (χ0) is 12.1. The first kappa shape index (κ1) is 11.8. The standard InChI is InChI=1S/C16H26O/c1-15(2)8-3-5-12-7-10-16(11-13(12)15)9-4-6-14(16)17/h14,17H,3-11H2,1-2H3. The van der Waals surface area contributed by atoms with Crippen LogP contribution in [0.15, 0.2) is 11.1 Å². The van der Waals surface area contributed by atoms with Gasteiger partial charge in [-0.15, -0.1) is 0 Å². The lowest BCUT2D eigenvalue weighted by atomic mass is 9.60. The SMILES string of the molecule is CC1(C)CCCC2=C1CC1(CCCC1O)CC2. The molecule has 1 saturated carbocycles. The Morgan fingerprint density at radius 2 is 1.88 bits per heavy atom. The first-order valence-electron chi connectivity index (χ1n) is 7.43. The number of hydrogen-bond donors (Lipinski definition) is 1. The Kier molecular flexibility index (Phi) is 2.66. The van der Waals surface area contributed by atoms with Crippen LogP contribution in [0, 0.1) is 10.8 Å². The fourth-order valence-electron chi connectivity index (χ4n) is 4.62. The van der Waals surface area contributed by atoms with E-state index in [4.69, 9.17) is 0 Å². The van der Waals surface area contributed by atoms with Gasteiger partial charge in [0.05, 0.1) is 6.10 Å². The van der Waals surface area contributed by atoms with Crippen molar-refractivity contribution >= 4 is 0 Å². The molecule has 3 aliphatic carbocycles. The Bertz CT molecular complexity index is 353. The zero-order valence-corrected chi connectivity index (χ0v) is 11.4. The largest absolute Gasteiger partial charge is 0.393 e. The van der Waals surface area contributed by atoms with Crippen molar-refractivity contribution in [2.75, 3.05) is 0 Å². The number of rotatable bonds is 0. The van der Waals surface area contributed by atoms with E-state index in [1.54, 1.807) is 11.1 Å². The minimum atomic E-state index is -0.0192. The van der Waals surface area contributed by atoms with Gasteiger partial charge in [0.15, 0.2) is 0 Å². The smallest absolute Gasteiger partial charge is 0.0599 e. The first-order valence-corrected chi connectivity index (χ1v) is 7.43. The summed E-state index contributed by atoms with van der Waals surface area (Å²) in [5.74, 6) is 0. The highest BCUT2D eigenvalue weighted by Gasteiger charge is 2.47. The summed E-state index contributed by atoms with van der Waals surface area (Å²) in [6.07, 6.45) is 11.3. The fraction of sp³-hybridized carbons (Fsp3) is 0.875. The molecule has 0 aliphatic heterocycles. The van der Waals surface area contributed by atoms with E-state index in [-0.39, 0.29) is 11.5 Å². The average molecular weight is 234 g/mol. The molecule has 0 amide bonds. The molecule has 2 atom stereocenters. The zero-order valence-electron chi connectivity index (χ0n) is 11.4. The third-order valence-corrected chi connectivity index (χ3v) is 5.84. The second kappa shape index (κ2) is 3.85. The normalized spacial score (nSPS) is 40.8. The Morgan fingerprint density at radius 3 is 2.59 bits per heavy atom. The van der Waals surface area contributed by atoms with E-state index in [0.29, 0.717) is 5.41 Å². The maximum absolute atomic E-state index is 10.3. The van der Waals surface area contributed by atoms with Gasteiger partial charge >= 0.3 is 0 Å². The first-order chi connectivity index (χ1) is 8.04. The van der Waals surface area contributed by atoms with Crippen LogP contribution in [0.5, 0.6) is 0 Å². The van der Waals surface area contributed by atoms with Gasteiger partial charge in [0.1, 0.15) is 0 Å². The van der Waals surface area contributed by atoms with Gasteiger partial charge in [-0.25, -0.2) is 0 Å². The van der Waals surface area contributed by atoms with Crippen LogP contribution >= 0.6 is 0 Å². The summed E-state index contributed by atoms with van der Waals surface area (Å²) in [4.78, 5) is 0. The molecule has 0 radical (unpaired) electrons. The quantitative estimate of drug-likeness (QED) is 0.623. The topological polar surface area (TPSA) is 20.2 Å². The molecule has 1 nitrogen and oxygen atoms in total. The lowest BCUT2D eigenvalue weighted by Gasteiger charge is -2.46. The van der Waals surface area contributed by atoms with Gasteiger partial charge in [-0.3, -0.25) is 0 Å². The molecule has 0 aromatic rings. The molecular formula is C16H26O. The molecule has 1 fully saturated rings. The lowest BCUT2D eigenvalue weighted by molar-refractivity contribution is 0.0347. The molecule has 1 spiro atoms. The Labute approximate surface area is 105 Å². The van der Waals surface area contributed by atoms with Crippen LogP contribution in [0.1, 0.15) is 71.6 Å². The summed E-state index contributed by atoms with van der Waals surface area (Å²) < 4.78 is 0. The lowest BCUT2D eigenvalue weighted by Crippen LogP contribution is -2.37. The molecule has 0 aromatic carbocycles. The van der Waals surface area contributed by atoms with Crippen LogP contribution in [0.4, 0.5) is 0 Å². The number of allylic oxidation sites excluding steroid dienone is 2. The van der Waals surface area contributed by atoms with Crippen LogP contribution in [-0.4, -0.2) is 11.2 Å². The number of hydrogen-bond acceptors (Lipinski definition) is 1. The Hall–Kier alpha value is -0.300. The highest BCUT2D eigenvalue weighted by Crippen LogP contribution is 2.56. The van der Waals surface area contributed by atoms with Gasteiger partial charge in [0.2, 0.25) is 0 Å². The summed E-state index contributed by atoms with van der Waals surface area (Å²) in [5, 5.41) is 10.3. The number of aliphatic hydroxyl groups excluding tert-OH is 1. The van der Waals surface area contributed by atoms with Gasteiger partial charge in [0, 0.05) is 5.41 Å². The van der Waals surface area contributed by atoms with E-state index in [9.17, 15) is 5.11 Å². The van der Waals surface area contributed by atoms with Gasteiger partial charge in [0.25, 0.3) is 0 Å². The summed E-state index contributed by atoms with van der Waals surface area (Å²) in [6.45, 7) is 4.84. The van der Waals surface area contributed by atoms with Crippen molar-refractivity contribution in [2.24, 2.45) is 10.8 Å². The highest BCUT2D eigenvalue weighted by atomic mass is 16.3. The molecule has 2 unspecified atom stereocenters. The maximum atomic E-state index is 10.3. The summed E-state index contributed by atoms with van der Waals surface area (Å²) in [7, 11) is 0. The summed E-state index contributed by atoms with van der Waals surface area (Å²) in [5.41, 5.74) is 4.17. The highest BCUT2D eigenvalue weighted by molar-refractivity contribution is 5.29. The molecule has 1 heteroatoms. The fourth-order valence-corrected chi connectivity index (χ4v) is 4.62. The molecule has 3 aliphatic rings. The average Bonchev–Trinajstić information content (AvgIpc) is 2.62. The molecule has 0 heterocycles. The van der Waals surface area contributed by atoms with Crippen LogP contribution in [0.25, 0.3) is 0 Å². The van der Waals surface area contributed by atoms with Crippen molar-refractivity contribution in [3.8, 4) is 0 Å². The van der Waals surface area contributed by atoms with Crippen molar-refractivity contribution in [2.45, 2.75) is 77.7 Å². The van der Waals surface area contributed by atoms with Crippen LogP contribution < -0.4 is 0 Å². The number of aliphatic hydroxyl groups is 1.